The van der Waals surface area contributed by atoms with E-state index in [1.807, 2.05) is 27.7 Å². The number of benzene rings is 1. The minimum absolute atomic E-state index is 0.139. The van der Waals surface area contributed by atoms with Crippen LogP contribution in [-0.2, 0) is 28.1 Å². The Balaban J connectivity index is 1.84. The third-order valence-corrected chi connectivity index (χ3v) is 11.7. The van der Waals surface area contributed by atoms with Crippen LogP contribution < -0.4 is 0 Å². The van der Waals surface area contributed by atoms with Crippen LogP contribution in [0.1, 0.15) is 77.6 Å². The summed E-state index contributed by atoms with van der Waals surface area (Å²) in [4.78, 5) is 41.5. The molecule has 0 spiro atoms. The van der Waals surface area contributed by atoms with Gasteiger partial charge in [0.1, 0.15) is 23.4 Å². The summed E-state index contributed by atoms with van der Waals surface area (Å²) in [7, 11) is 4.54. The molecule has 4 aliphatic rings. The Morgan fingerprint density at radius 1 is 1.07 bits per heavy atom. The second-order valence-electron chi connectivity index (χ2n) is 13.2. The molecule has 3 fully saturated rings. The van der Waals surface area contributed by atoms with Gasteiger partial charge in [-0.15, -0.1) is 0 Å². The average molecular weight is 605 g/mol. The third kappa shape index (κ3) is 4.23. The summed E-state index contributed by atoms with van der Waals surface area (Å²) in [5.74, 6) is -2.53. The van der Waals surface area contributed by atoms with Gasteiger partial charge in [-0.1, -0.05) is 44.5 Å². The fourth-order valence-electron chi connectivity index (χ4n) is 8.73. The van der Waals surface area contributed by atoms with Crippen molar-refractivity contribution in [3.63, 3.8) is 0 Å². The Morgan fingerprint density at radius 3 is 2.27 bits per heavy atom. The monoisotopic (exact) mass is 604 g/mol. The van der Waals surface area contributed by atoms with E-state index in [9.17, 15) is 19.5 Å². The van der Waals surface area contributed by atoms with Gasteiger partial charge in [0.25, 0.3) is 0 Å². The van der Waals surface area contributed by atoms with E-state index in [0.717, 1.165) is 12.0 Å². The van der Waals surface area contributed by atoms with E-state index in [2.05, 4.69) is 18.9 Å². The summed E-state index contributed by atoms with van der Waals surface area (Å²) in [6, 6.07) is 8.61. The van der Waals surface area contributed by atoms with Crippen LogP contribution in [0.3, 0.4) is 0 Å². The van der Waals surface area contributed by atoms with Crippen LogP contribution in [0.15, 0.2) is 41.5 Å². The highest BCUT2D eigenvalue weighted by atomic mass is 31.0. The van der Waals surface area contributed by atoms with Crippen molar-refractivity contribution in [3.8, 4) is 0 Å². The Kier molecular flexibility index (Phi) is 7.87. The van der Waals surface area contributed by atoms with E-state index in [4.69, 9.17) is 18.5 Å². The van der Waals surface area contributed by atoms with Crippen molar-refractivity contribution in [2.24, 2.45) is 28.6 Å². The fraction of sp³-hybridized carbons (Fsp3) is 0.645. The minimum Gasteiger partial charge on any atom is -0.458 e. The van der Waals surface area contributed by atoms with Crippen LogP contribution in [-0.4, -0.2) is 52.3 Å². The van der Waals surface area contributed by atoms with Gasteiger partial charge in [-0.2, -0.15) is 0 Å². The highest BCUT2D eigenvalue weighted by Crippen LogP contribution is 2.68. The van der Waals surface area contributed by atoms with Crippen molar-refractivity contribution in [2.45, 2.75) is 96.7 Å². The second kappa shape index (κ2) is 10.5. The van der Waals surface area contributed by atoms with E-state index in [-0.39, 0.29) is 24.0 Å². The number of ether oxygens (including phenoxy) is 2. The first-order valence-electron chi connectivity index (χ1n) is 14.3. The number of Topliss-reactive ketones (excluding diaryl/α,β-unsaturated/α-hetero) is 1. The molecular weight excluding hydrogens is 562 g/mol. The summed E-state index contributed by atoms with van der Waals surface area (Å²) in [5, 5.41) is 13.1. The van der Waals surface area contributed by atoms with Gasteiger partial charge in [0.2, 0.25) is 0 Å². The van der Waals surface area contributed by atoms with Crippen molar-refractivity contribution < 1.29 is 38.0 Å². The third-order valence-electron chi connectivity index (χ3n) is 11.1. The first-order chi connectivity index (χ1) is 19.2. The van der Waals surface area contributed by atoms with E-state index >= 15 is 0 Å². The summed E-state index contributed by atoms with van der Waals surface area (Å²) < 4.78 is 24.6. The topological polar surface area (TPSA) is 108 Å². The molecule has 2 bridgehead atoms. The standard InChI is InChI=1S/C31H42O8P2/c1-16-15-31(35)26(36-27(34)19-10-8-7-9-11-19)24-29(6,25(33)23(39-41)22(17(16)2)28(31,4)5)21(38-40)14-20-12-13-30(20,24)37-18(3)32/h7-11,16,20-21,23-24,26,35H,12-15,40-41H2,1-6H3/t16-,20+,21-,23+,24?,26-,29+,30-,31+/m0/s1. The molecule has 10 heteroatoms. The first kappa shape index (κ1) is 30.8. The maximum Gasteiger partial charge on any atom is 0.338 e. The number of fused-ring (bicyclic) bond motifs is 5. The maximum atomic E-state index is 15.0. The lowest BCUT2D eigenvalue weighted by atomic mass is 9.40. The van der Waals surface area contributed by atoms with Gasteiger partial charge in [-0.25, -0.2) is 4.79 Å². The Labute approximate surface area is 246 Å². The molecule has 0 aliphatic heterocycles. The zero-order chi connectivity index (χ0) is 30.1. The molecule has 8 nitrogen and oxygen atoms in total. The molecule has 0 radical (unpaired) electrons. The zero-order valence-electron chi connectivity index (χ0n) is 24.6. The van der Waals surface area contributed by atoms with Crippen LogP contribution in [0, 0.1) is 28.6 Å². The van der Waals surface area contributed by atoms with E-state index < -0.39 is 58.2 Å². The SMILES string of the molecule is CC(=O)O[C@@]12CC[C@@H]1C[C@H](OP)[C@@]1(C)C(=O)[C@H](OP)C3=C(C)[C@@H](C)C[C@@](O)([C@@H](OC(=O)c4ccccc4)C12)C3(C)C. The normalized spacial score (nSPS) is 41.2. The van der Waals surface area contributed by atoms with Crippen LogP contribution >= 0.6 is 18.9 Å². The number of allylic oxidation sites excluding steroid dienone is 1. The molecule has 0 saturated heterocycles. The molecule has 3 unspecified atom stereocenters. The van der Waals surface area contributed by atoms with Gasteiger partial charge < -0.3 is 23.6 Å². The van der Waals surface area contributed by atoms with Gasteiger partial charge in [0, 0.05) is 37.2 Å². The van der Waals surface area contributed by atoms with Crippen LogP contribution in [0.5, 0.6) is 0 Å². The highest BCUT2D eigenvalue weighted by molar-refractivity contribution is 7.10. The summed E-state index contributed by atoms with van der Waals surface area (Å²) in [5.41, 5.74) is -3.21. The Hall–Kier alpha value is -1.69. The highest BCUT2D eigenvalue weighted by Gasteiger charge is 2.77. The molecule has 224 valence electrons. The maximum absolute atomic E-state index is 15.0. The number of hydrogen-bond donors (Lipinski definition) is 1. The molecular formula is C31H42O8P2. The van der Waals surface area contributed by atoms with Crippen molar-refractivity contribution in [1.82, 2.24) is 0 Å². The number of rotatable bonds is 5. The van der Waals surface area contributed by atoms with Gasteiger partial charge in [-0.3, -0.25) is 9.59 Å². The van der Waals surface area contributed by atoms with E-state index in [1.54, 1.807) is 37.3 Å². The first-order valence-corrected chi connectivity index (χ1v) is 15.3. The Bertz CT molecular complexity index is 1280. The molecule has 41 heavy (non-hydrogen) atoms. The molecule has 11 atom stereocenters. The molecule has 4 aliphatic carbocycles. The lowest BCUT2D eigenvalue weighted by molar-refractivity contribution is -0.291. The van der Waals surface area contributed by atoms with E-state index in [0.29, 0.717) is 24.0 Å². The molecule has 3 saturated carbocycles. The summed E-state index contributed by atoms with van der Waals surface area (Å²) in [6.07, 6.45) is -0.855. The Morgan fingerprint density at radius 2 is 1.73 bits per heavy atom. The molecule has 0 heterocycles. The molecule has 1 aromatic carbocycles. The minimum atomic E-state index is -1.64. The number of aliphatic hydroxyl groups is 1. The quantitative estimate of drug-likeness (QED) is 0.284. The summed E-state index contributed by atoms with van der Waals surface area (Å²) in [6.45, 7) is 10.9. The van der Waals surface area contributed by atoms with Crippen molar-refractivity contribution >= 4 is 36.7 Å². The van der Waals surface area contributed by atoms with Gasteiger partial charge >= 0.3 is 11.9 Å². The average Bonchev–Trinajstić information content (AvgIpc) is 2.91. The molecule has 0 aromatic heterocycles. The zero-order valence-corrected chi connectivity index (χ0v) is 26.9. The predicted octanol–water partition coefficient (Wildman–Crippen LogP) is 5.00. The lowest BCUT2D eigenvalue weighted by Gasteiger charge is -2.68. The molecule has 0 amide bonds. The van der Waals surface area contributed by atoms with Crippen LogP contribution in [0.4, 0.5) is 0 Å². The van der Waals surface area contributed by atoms with Crippen molar-refractivity contribution in [2.75, 3.05) is 0 Å². The van der Waals surface area contributed by atoms with Gasteiger partial charge in [-0.05, 0) is 63.2 Å². The molecule has 1 aromatic rings. The molecule has 5 rings (SSSR count). The summed E-state index contributed by atoms with van der Waals surface area (Å²) >= 11 is 0. The predicted molar refractivity (Wildman–Crippen MR) is 158 cm³/mol. The smallest absolute Gasteiger partial charge is 0.338 e. The van der Waals surface area contributed by atoms with Gasteiger partial charge in [0.05, 0.1) is 23.0 Å². The second-order valence-corrected chi connectivity index (χ2v) is 13.8. The largest absolute Gasteiger partial charge is 0.458 e. The number of hydrogen-bond acceptors (Lipinski definition) is 8. The number of esters is 2. The van der Waals surface area contributed by atoms with Crippen molar-refractivity contribution in [1.29, 1.82) is 0 Å². The van der Waals surface area contributed by atoms with Crippen LogP contribution in [0.25, 0.3) is 0 Å². The number of carbonyl (C=O) groups is 3. The lowest BCUT2D eigenvalue weighted by Crippen LogP contribution is -2.78. The number of ketones is 1. The van der Waals surface area contributed by atoms with E-state index in [1.165, 1.54) is 6.92 Å². The van der Waals surface area contributed by atoms with Crippen molar-refractivity contribution in [3.05, 3.63) is 47.0 Å². The van der Waals surface area contributed by atoms with Gasteiger partial charge in [0.15, 0.2) is 5.78 Å². The molecule has 1 N–H and O–H groups in total. The fourth-order valence-corrected chi connectivity index (χ4v) is 9.38. The van der Waals surface area contributed by atoms with Crippen LogP contribution in [0.2, 0.25) is 0 Å². The number of carbonyl (C=O) groups excluding carboxylic acids is 3.